The first-order valence-corrected chi connectivity index (χ1v) is 5.69. The van der Waals surface area contributed by atoms with Crippen molar-refractivity contribution in [3.63, 3.8) is 0 Å². The number of methoxy groups -OCH3 is 1. The Morgan fingerprint density at radius 1 is 1.32 bits per heavy atom. The number of aryl methyl sites for hydroxylation is 1. The van der Waals surface area contributed by atoms with E-state index in [1.807, 2.05) is 19.1 Å². The fraction of sp³-hybridized carbons (Fsp3) is 0.143. The fourth-order valence-electron chi connectivity index (χ4n) is 1.56. The number of nitrogens with two attached hydrogens (primary N) is 1. The number of anilines is 1. The molecule has 98 valence electrons. The molecule has 0 spiro atoms. The third-order valence-electron chi connectivity index (χ3n) is 2.64. The van der Waals surface area contributed by atoms with E-state index in [1.165, 1.54) is 19.4 Å². The molecular formula is C14H14N2O3. The summed E-state index contributed by atoms with van der Waals surface area (Å²) in [6.07, 6.45) is 1.48. The van der Waals surface area contributed by atoms with Gasteiger partial charge in [0.05, 0.1) is 12.8 Å². The number of nitrogens with zero attached hydrogens (tertiary/aromatic N) is 1. The Hall–Kier alpha value is -2.56. The summed E-state index contributed by atoms with van der Waals surface area (Å²) < 4.78 is 10.3. The Morgan fingerprint density at radius 3 is 2.84 bits per heavy atom. The Balaban J connectivity index is 2.28. The Bertz CT molecular complexity index is 611. The summed E-state index contributed by atoms with van der Waals surface area (Å²) in [4.78, 5) is 15.3. The summed E-state index contributed by atoms with van der Waals surface area (Å²) in [6, 6.07) is 8.67. The summed E-state index contributed by atoms with van der Waals surface area (Å²) in [5, 5.41) is 0. The van der Waals surface area contributed by atoms with Gasteiger partial charge in [-0.15, -0.1) is 0 Å². The van der Waals surface area contributed by atoms with Gasteiger partial charge < -0.3 is 15.2 Å². The van der Waals surface area contributed by atoms with Crippen LogP contribution in [0.4, 0.5) is 5.69 Å². The molecule has 0 unspecified atom stereocenters. The van der Waals surface area contributed by atoms with Crippen LogP contribution in [0.5, 0.6) is 11.5 Å². The molecule has 0 aliphatic rings. The van der Waals surface area contributed by atoms with Crippen LogP contribution in [0.3, 0.4) is 0 Å². The van der Waals surface area contributed by atoms with Crippen molar-refractivity contribution >= 4 is 11.7 Å². The molecule has 0 radical (unpaired) electrons. The molecule has 5 nitrogen and oxygen atoms in total. The van der Waals surface area contributed by atoms with Gasteiger partial charge in [-0.05, 0) is 24.6 Å². The van der Waals surface area contributed by atoms with E-state index in [-0.39, 0.29) is 5.69 Å². The number of esters is 1. The lowest BCUT2D eigenvalue weighted by molar-refractivity contribution is 0.0593. The van der Waals surface area contributed by atoms with E-state index in [2.05, 4.69) is 9.72 Å². The quantitative estimate of drug-likeness (QED) is 0.676. The van der Waals surface area contributed by atoms with Crippen LogP contribution >= 0.6 is 0 Å². The minimum Gasteiger partial charge on any atom is -0.464 e. The van der Waals surface area contributed by atoms with Crippen LogP contribution in [0.25, 0.3) is 0 Å². The van der Waals surface area contributed by atoms with Crippen molar-refractivity contribution in [2.75, 3.05) is 12.8 Å². The number of hydrogen-bond acceptors (Lipinski definition) is 5. The maximum Gasteiger partial charge on any atom is 0.356 e. The third kappa shape index (κ3) is 2.82. The Kier molecular flexibility index (Phi) is 3.66. The van der Waals surface area contributed by atoms with Gasteiger partial charge in [0.2, 0.25) is 0 Å². The monoisotopic (exact) mass is 258 g/mol. The highest BCUT2D eigenvalue weighted by Gasteiger charge is 2.10. The normalized spacial score (nSPS) is 10.0. The Labute approximate surface area is 111 Å². The number of benzene rings is 1. The van der Waals surface area contributed by atoms with Crippen LogP contribution in [0.1, 0.15) is 16.1 Å². The first-order chi connectivity index (χ1) is 9.11. The zero-order valence-electron chi connectivity index (χ0n) is 10.7. The van der Waals surface area contributed by atoms with Crippen LogP contribution < -0.4 is 10.5 Å². The minimum atomic E-state index is -0.511. The average molecular weight is 258 g/mol. The van der Waals surface area contributed by atoms with Crippen LogP contribution in [0.15, 0.2) is 36.5 Å². The zero-order chi connectivity index (χ0) is 13.8. The van der Waals surface area contributed by atoms with E-state index in [0.717, 1.165) is 5.56 Å². The van der Waals surface area contributed by atoms with Gasteiger partial charge in [0.25, 0.3) is 0 Å². The van der Waals surface area contributed by atoms with E-state index < -0.39 is 5.97 Å². The lowest BCUT2D eigenvalue weighted by Gasteiger charge is -2.10. The number of pyridine rings is 1. The van der Waals surface area contributed by atoms with Crippen molar-refractivity contribution < 1.29 is 14.3 Å². The lowest BCUT2D eigenvalue weighted by atomic mass is 10.2. The van der Waals surface area contributed by atoms with Crippen molar-refractivity contribution in [3.8, 4) is 11.5 Å². The largest absolute Gasteiger partial charge is 0.464 e. The molecule has 0 amide bonds. The number of rotatable bonds is 3. The summed E-state index contributed by atoms with van der Waals surface area (Å²) in [5.41, 5.74) is 7.61. The summed E-state index contributed by atoms with van der Waals surface area (Å²) in [6.45, 7) is 1.90. The molecule has 2 rings (SSSR count). The highest BCUT2D eigenvalue weighted by atomic mass is 16.5. The minimum absolute atomic E-state index is 0.186. The van der Waals surface area contributed by atoms with Crippen molar-refractivity contribution in [2.24, 2.45) is 0 Å². The molecule has 0 saturated carbocycles. The molecule has 0 aliphatic carbocycles. The van der Waals surface area contributed by atoms with E-state index in [4.69, 9.17) is 10.5 Å². The SMILES string of the molecule is COC(=O)c1cc(Oc2cccc(C)c2N)ccn1. The molecule has 0 bridgehead atoms. The van der Waals surface area contributed by atoms with Gasteiger partial charge in [0.1, 0.15) is 5.75 Å². The third-order valence-corrected chi connectivity index (χ3v) is 2.64. The standard InChI is InChI=1S/C14H14N2O3/c1-9-4-3-5-12(13(9)15)19-10-6-7-16-11(8-10)14(17)18-2/h3-8H,15H2,1-2H3. The van der Waals surface area contributed by atoms with Gasteiger partial charge in [-0.25, -0.2) is 9.78 Å². The average Bonchev–Trinajstić information content (AvgIpc) is 2.43. The highest BCUT2D eigenvalue weighted by molar-refractivity contribution is 5.87. The first-order valence-electron chi connectivity index (χ1n) is 5.69. The number of ether oxygens (including phenoxy) is 2. The Morgan fingerprint density at radius 2 is 2.11 bits per heavy atom. The van der Waals surface area contributed by atoms with Gasteiger partial charge in [-0.2, -0.15) is 0 Å². The second-order valence-electron chi connectivity index (χ2n) is 3.96. The lowest BCUT2D eigenvalue weighted by Crippen LogP contribution is -2.04. The molecule has 1 aromatic heterocycles. The zero-order valence-corrected chi connectivity index (χ0v) is 10.7. The van der Waals surface area contributed by atoms with Gasteiger partial charge in [-0.1, -0.05) is 12.1 Å². The van der Waals surface area contributed by atoms with Gasteiger partial charge >= 0.3 is 5.97 Å². The second-order valence-corrected chi connectivity index (χ2v) is 3.96. The predicted octanol–water partition coefficient (Wildman–Crippen LogP) is 2.55. The molecule has 0 fully saturated rings. The number of carbonyl (C=O) groups excluding carboxylic acids is 1. The molecule has 2 N–H and O–H groups in total. The summed E-state index contributed by atoms with van der Waals surface area (Å²) >= 11 is 0. The van der Waals surface area contributed by atoms with Crippen LogP contribution in [0.2, 0.25) is 0 Å². The van der Waals surface area contributed by atoms with E-state index in [9.17, 15) is 4.79 Å². The van der Waals surface area contributed by atoms with Gasteiger partial charge in [0, 0.05) is 12.3 Å². The molecule has 2 aromatic rings. The highest BCUT2D eigenvalue weighted by Crippen LogP contribution is 2.29. The van der Waals surface area contributed by atoms with E-state index >= 15 is 0 Å². The molecule has 1 heterocycles. The number of aromatic nitrogens is 1. The molecule has 1 aromatic carbocycles. The fourth-order valence-corrected chi connectivity index (χ4v) is 1.56. The smallest absolute Gasteiger partial charge is 0.356 e. The summed E-state index contributed by atoms with van der Waals surface area (Å²) in [7, 11) is 1.30. The number of para-hydroxylation sites is 1. The van der Waals surface area contributed by atoms with E-state index in [0.29, 0.717) is 17.2 Å². The van der Waals surface area contributed by atoms with Crippen molar-refractivity contribution in [2.45, 2.75) is 6.92 Å². The van der Waals surface area contributed by atoms with Crippen LogP contribution in [-0.4, -0.2) is 18.1 Å². The predicted molar refractivity (Wildman–Crippen MR) is 71.2 cm³/mol. The van der Waals surface area contributed by atoms with Crippen LogP contribution in [-0.2, 0) is 4.74 Å². The van der Waals surface area contributed by atoms with Gasteiger partial charge in [0.15, 0.2) is 11.4 Å². The maximum absolute atomic E-state index is 11.4. The molecule has 0 atom stereocenters. The van der Waals surface area contributed by atoms with E-state index in [1.54, 1.807) is 12.1 Å². The first kappa shape index (κ1) is 12.9. The number of hydrogen-bond donors (Lipinski definition) is 1. The molecule has 19 heavy (non-hydrogen) atoms. The van der Waals surface area contributed by atoms with Crippen molar-refractivity contribution in [1.29, 1.82) is 0 Å². The molecule has 0 saturated heterocycles. The summed E-state index contributed by atoms with van der Waals surface area (Å²) in [5.74, 6) is 0.511. The van der Waals surface area contributed by atoms with Crippen molar-refractivity contribution in [3.05, 3.63) is 47.8 Å². The topological polar surface area (TPSA) is 74.4 Å². The number of carbonyl (C=O) groups is 1. The second kappa shape index (κ2) is 5.39. The van der Waals surface area contributed by atoms with Crippen LogP contribution in [0, 0.1) is 6.92 Å². The van der Waals surface area contributed by atoms with Gasteiger partial charge in [-0.3, -0.25) is 0 Å². The maximum atomic E-state index is 11.4. The van der Waals surface area contributed by atoms with Crippen molar-refractivity contribution in [1.82, 2.24) is 4.98 Å². The molecular weight excluding hydrogens is 244 g/mol. The molecule has 0 aliphatic heterocycles. The molecule has 5 heteroatoms. The number of nitrogen functional groups attached to an aromatic ring is 1.